The van der Waals surface area contributed by atoms with Gasteiger partial charge < -0.3 is 24.8 Å². The van der Waals surface area contributed by atoms with Crippen molar-refractivity contribution in [2.24, 2.45) is 0 Å². The topological polar surface area (TPSA) is 79.2 Å². The minimum Gasteiger partial charge on any atom is -0.388 e. The van der Waals surface area contributed by atoms with Crippen LogP contribution in [0.3, 0.4) is 0 Å². The highest BCUT2D eigenvalue weighted by molar-refractivity contribution is 5.78. The van der Waals surface area contributed by atoms with E-state index in [1.54, 1.807) is 0 Å². The first-order valence-corrected chi connectivity index (χ1v) is 7.66. The van der Waals surface area contributed by atoms with Crippen molar-refractivity contribution in [3.8, 4) is 11.1 Å². The second-order valence-corrected chi connectivity index (χ2v) is 5.94. The quantitative estimate of drug-likeness (QED) is 0.776. The van der Waals surface area contributed by atoms with E-state index in [9.17, 15) is 15.3 Å². The fourth-order valence-electron chi connectivity index (χ4n) is 3.29. The second-order valence-electron chi connectivity index (χ2n) is 5.94. The van der Waals surface area contributed by atoms with Gasteiger partial charge >= 0.3 is 0 Å². The molecule has 0 aromatic heterocycles. The van der Waals surface area contributed by atoms with E-state index < -0.39 is 24.6 Å². The van der Waals surface area contributed by atoms with Crippen molar-refractivity contribution in [1.82, 2.24) is 0 Å². The third kappa shape index (κ3) is 2.38. The van der Waals surface area contributed by atoms with Gasteiger partial charge in [-0.15, -0.1) is 0 Å². The number of benzene rings is 2. The zero-order chi connectivity index (χ0) is 16.0. The molecular weight excluding hydrogens is 296 g/mol. The predicted molar refractivity (Wildman–Crippen MR) is 82.6 cm³/mol. The third-order valence-electron chi connectivity index (χ3n) is 4.50. The molecule has 1 aliphatic carbocycles. The molecule has 2 aliphatic rings. The molecule has 23 heavy (non-hydrogen) atoms. The van der Waals surface area contributed by atoms with Crippen molar-refractivity contribution in [1.29, 1.82) is 0 Å². The van der Waals surface area contributed by atoms with E-state index in [4.69, 9.17) is 9.47 Å². The first-order chi connectivity index (χ1) is 11.2. The molecule has 5 heteroatoms. The molecule has 1 aliphatic heterocycles. The molecule has 120 valence electrons. The van der Waals surface area contributed by atoms with E-state index in [1.807, 2.05) is 48.5 Å². The third-order valence-corrected chi connectivity index (χ3v) is 4.50. The molecule has 2 aromatic carbocycles. The monoisotopic (exact) mass is 314 g/mol. The van der Waals surface area contributed by atoms with Crippen molar-refractivity contribution in [2.75, 3.05) is 6.61 Å². The summed E-state index contributed by atoms with van der Waals surface area (Å²) in [7, 11) is 0. The Morgan fingerprint density at radius 3 is 2.00 bits per heavy atom. The number of hydrogen-bond acceptors (Lipinski definition) is 5. The fourth-order valence-corrected chi connectivity index (χ4v) is 3.29. The lowest BCUT2D eigenvalue weighted by Gasteiger charge is -2.36. The molecule has 1 saturated heterocycles. The van der Waals surface area contributed by atoms with Gasteiger partial charge in [0.15, 0.2) is 6.29 Å². The van der Waals surface area contributed by atoms with Gasteiger partial charge in [0.2, 0.25) is 0 Å². The summed E-state index contributed by atoms with van der Waals surface area (Å²) in [5.74, 6) is 0. The first kappa shape index (κ1) is 14.8. The average molecular weight is 314 g/mol. The lowest BCUT2D eigenvalue weighted by Crippen LogP contribution is -2.53. The summed E-state index contributed by atoms with van der Waals surface area (Å²) >= 11 is 0. The Hall–Kier alpha value is -1.76. The van der Waals surface area contributed by atoms with Gasteiger partial charge in [0.1, 0.15) is 24.4 Å². The van der Waals surface area contributed by atoms with E-state index in [0.717, 1.165) is 22.3 Å². The fraction of sp³-hybridized carbons (Fsp3) is 0.333. The van der Waals surface area contributed by atoms with Gasteiger partial charge in [0, 0.05) is 0 Å². The Balaban J connectivity index is 1.67. The van der Waals surface area contributed by atoms with Gasteiger partial charge in [-0.25, -0.2) is 0 Å². The van der Waals surface area contributed by atoms with E-state index >= 15 is 0 Å². The lowest BCUT2D eigenvalue weighted by atomic mass is 10.0. The zero-order valence-electron chi connectivity index (χ0n) is 12.4. The molecule has 0 radical (unpaired) electrons. The largest absolute Gasteiger partial charge is 0.388 e. The van der Waals surface area contributed by atoms with Crippen LogP contribution in [0, 0.1) is 0 Å². The van der Waals surface area contributed by atoms with E-state index in [0.29, 0.717) is 0 Å². The maximum Gasteiger partial charge on any atom is 0.187 e. The molecule has 5 nitrogen and oxygen atoms in total. The average Bonchev–Trinajstić information content (AvgIpc) is 2.90. The number of hydrogen-bond donors (Lipinski definition) is 3. The normalized spacial score (nSPS) is 30.0. The maximum absolute atomic E-state index is 10.1. The molecule has 3 N–H and O–H groups in total. The van der Waals surface area contributed by atoms with E-state index in [-0.39, 0.29) is 12.7 Å². The highest BCUT2D eigenvalue weighted by atomic mass is 16.7. The SMILES string of the molecule is OC1COC(OC2c3ccccc3-c3ccccc32)C(O)C1O. The van der Waals surface area contributed by atoms with E-state index in [2.05, 4.69) is 0 Å². The van der Waals surface area contributed by atoms with Crippen molar-refractivity contribution < 1.29 is 24.8 Å². The van der Waals surface area contributed by atoms with Gasteiger partial charge in [-0.3, -0.25) is 0 Å². The summed E-state index contributed by atoms with van der Waals surface area (Å²) in [5, 5.41) is 29.5. The summed E-state index contributed by atoms with van der Waals surface area (Å²) in [6.45, 7) is -0.0705. The van der Waals surface area contributed by atoms with Gasteiger partial charge in [-0.05, 0) is 22.3 Å². The lowest BCUT2D eigenvalue weighted by molar-refractivity contribution is -0.279. The van der Waals surface area contributed by atoms with Gasteiger partial charge in [-0.2, -0.15) is 0 Å². The summed E-state index contributed by atoms with van der Waals surface area (Å²) in [6.07, 6.45) is -5.03. The van der Waals surface area contributed by atoms with Crippen LogP contribution in [0.5, 0.6) is 0 Å². The van der Waals surface area contributed by atoms with Crippen LogP contribution < -0.4 is 0 Å². The summed E-state index contributed by atoms with van der Waals surface area (Å²) in [6, 6.07) is 15.9. The van der Waals surface area contributed by atoms with Crippen molar-refractivity contribution in [2.45, 2.75) is 30.7 Å². The predicted octanol–water partition coefficient (Wildman–Crippen LogP) is 1.21. The highest BCUT2D eigenvalue weighted by Gasteiger charge is 2.41. The zero-order valence-corrected chi connectivity index (χ0v) is 12.4. The minimum absolute atomic E-state index is 0.0705. The molecule has 0 amide bonds. The molecule has 0 bridgehead atoms. The molecule has 4 unspecified atom stereocenters. The molecule has 4 atom stereocenters. The maximum atomic E-state index is 10.1. The highest BCUT2D eigenvalue weighted by Crippen LogP contribution is 2.46. The van der Waals surface area contributed by atoms with Crippen LogP contribution in [0.15, 0.2) is 48.5 Å². The smallest absolute Gasteiger partial charge is 0.187 e. The first-order valence-electron chi connectivity index (χ1n) is 7.66. The van der Waals surface area contributed by atoms with Crippen LogP contribution in [0.4, 0.5) is 0 Å². The molecule has 1 heterocycles. The molecule has 0 spiro atoms. The Kier molecular flexibility index (Phi) is 3.67. The Bertz CT molecular complexity index is 671. The van der Waals surface area contributed by atoms with Gasteiger partial charge in [-0.1, -0.05) is 48.5 Å². The second kappa shape index (κ2) is 5.70. The molecule has 0 saturated carbocycles. The number of aliphatic hydroxyl groups is 3. The van der Waals surface area contributed by atoms with Crippen LogP contribution in [-0.4, -0.2) is 46.5 Å². The Morgan fingerprint density at radius 1 is 0.826 bits per heavy atom. The number of ether oxygens (including phenoxy) is 2. The van der Waals surface area contributed by atoms with Crippen LogP contribution >= 0.6 is 0 Å². The summed E-state index contributed by atoms with van der Waals surface area (Å²) < 4.78 is 11.4. The number of fused-ring (bicyclic) bond motifs is 3. The standard InChI is InChI=1S/C18H18O5/c19-14-9-22-18(16(21)15(14)20)23-17-12-7-3-1-5-10(12)11-6-2-4-8-13(11)17/h1-8,14-21H,9H2. The summed E-state index contributed by atoms with van der Waals surface area (Å²) in [5.41, 5.74) is 4.20. The van der Waals surface area contributed by atoms with Crippen LogP contribution in [0.1, 0.15) is 17.2 Å². The van der Waals surface area contributed by atoms with Crippen LogP contribution in [0.25, 0.3) is 11.1 Å². The van der Waals surface area contributed by atoms with Crippen molar-refractivity contribution in [3.63, 3.8) is 0 Å². The van der Waals surface area contributed by atoms with Crippen LogP contribution in [0.2, 0.25) is 0 Å². The molecule has 4 rings (SSSR count). The van der Waals surface area contributed by atoms with Gasteiger partial charge in [0.05, 0.1) is 6.61 Å². The minimum atomic E-state index is -1.29. The molecule has 1 fully saturated rings. The van der Waals surface area contributed by atoms with Gasteiger partial charge in [0.25, 0.3) is 0 Å². The number of rotatable bonds is 2. The van der Waals surface area contributed by atoms with Crippen molar-refractivity contribution in [3.05, 3.63) is 59.7 Å². The molecule has 2 aromatic rings. The van der Waals surface area contributed by atoms with Crippen molar-refractivity contribution >= 4 is 0 Å². The van der Waals surface area contributed by atoms with E-state index in [1.165, 1.54) is 0 Å². The molecular formula is C18H18O5. The number of aliphatic hydroxyl groups excluding tert-OH is 3. The Morgan fingerprint density at radius 2 is 1.39 bits per heavy atom. The van der Waals surface area contributed by atoms with Crippen LogP contribution in [-0.2, 0) is 9.47 Å². The summed E-state index contributed by atoms with van der Waals surface area (Å²) in [4.78, 5) is 0. The Labute approximate surface area is 133 Å².